The van der Waals surface area contributed by atoms with Gasteiger partial charge in [0.25, 0.3) is 5.91 Å². The molecule has 0 unspecified atom stereocenters. The van der Waals surface area contributed by atoms with Crippen molar-refractivity contribution in [3.05, 3.63) is 71.9 Å². The molecule has 0 bridgehead atoms. The molecule has 8 heteroatoms. The van der Waals surface area contributed by atoms with E-state index in [1.807, 2.05) is 37.3 Å². The van der Waals surface area contributed by atoms with E-state index < -0.39 is 23.9 Å². The third kappa shape index (κ3) is 4.64. The number of fused-ring (bicyclic) bond motifs is 1. The van der Waals surface area contributed by atoms with Crippen LogP contribution in [-0.2, 0) is 20.8 Å². The number of carbonyl (C=O) groups is 3. The number of aromatic nitrogens is 1. The van der Waals surface area contributed by atoms with Crippen LogP contribution in [0.5, 0.6) is 5.75 Å². The van der Waals surface area contributed by atoms with Crippen molar-refractivity contribution in [2.75, 3.05) is 10.7 Å². The van der Waals surface area contributed by atoms with Gasteiger partial charge in [-0.15, -0.1) is 0 Å². The van der Waals surface area contributed by atoms with Crippen LogP contribution < -0.4 is 15.5 Å². The largest absolute Gasteiger partial charge is 0.481 e. The summed E-state index contributed by atoms with van der Waals surface area (Å²) in [5.74, 6) is -1.23. The van der Waals surface area contributed by atoms with Gasteiger partial charge in [0.05, 0.1) is 24.2 Å². The van der Waals surface area contributed by atoms with Crippen molar-refractivity contribution in [1.29, 1.82) is 0 Å². The molecule has 8 nitrogen and oxygen atoms in total. The number of carboxylic acids is 1. The first kappa shape index (κ1) is 21.2. The van der Waals surface area contributed by atoms with Gasteiger partial charge in [-0.25, -0.2) is 0 Å². The van der Waals surface area contributed by atoms with Gasteiger partial charge in [0.15, 0.2) is 6.10 Å². The van der Waals surface area contributed by atoms with Gasteiger partial charge in [-0.3, -0.25) is 24.5 Å². The molecule has 2 aromatic carbocycles. The number of aliphatic carboxylic acids is 1. The van der Waals surface area contributed by atoms with Gasteiger partial charge in [0.1, 0.15) is 5.75 Å². The Labute approximate surface area is 184 Å². The summed E-state index contributed by atoms with van der Waals surface area (Å²) in [4.78, 5) is 36.3. The average molecular weight is 433 g/mol. The molecule has 1 atom stereocenters. The smallest absolute Gasteiger partial charge is 0.303 e. The van der Waals surface area contributed by atoms with Crippen LogP contribution in [-0.4, -0.2) is 33.7 Å². The fourth-order valence-corrected chi connectivity index (χ4v) is 3.56. The quantitative estimate of drug-likeness (QED) is 0.529. The van der Waals surface area contributed by atoms with Crippen molar-refractivity contribution in [1.82, 2.24) is 4.68 Å². The van der Waals surface area contributed by atoms with Gasteiger partial charge in [-0.1, -0.05) is 42.0 Å². The number of carboxylic acid groups (broad SMARTS) is 1. The van der Waals surface area contributed by atoms with Crippen LogP contribution >= 0.6 is 0 Å². The second-order valence-corrected chi connectivity index (χ2v) is 7.64. The second-order valence-electron chi connectivity index (χ2n) is 7.64. The van der Waals surface area contributed by atoms with E-state index in [4.69, 9.17) is 9.84 Å². The average Bonchev–Trinajstić information content (AvgIpc) is 3.15. The maximum atomic E-state index is 12.9. The van der Waals surface area contributed by atoms with E-state index in [1.54, 1.807) is 35.0 Å². The number of para-hydroxylation sites is 2. The summed E-state index contributed by atoms with van der Waals surface area (Å²) in [6, 6.07) is 18.4. The number of nitrogens with zero attached hydrogens (tertiary/aromatic N) is 1. The van der Waals surface area contributed by atoms with E-state index in [2.05, 4.69) is 10.7 Å². The van der Waals surface area contributed by atoms with Crippen LogP contribution in [0.15, 0.2) is 60.7 Å². The first-order valence-corrected chi connectivity index (χ1v) is 10.3. The molecule has 3 aromatic rings. The summed E-state index contributed by atoms with van der Waals surface area (Å²) in [6.45, 7) is 1.98. The van der Waals surface area contributed by atoms with Crippen molar-refractivity contribution < 1.29 is 24.2 Å². The first-order chi connectivity index (χ1) is 15.4. The molecule has 1 aliphatic heterocycles. The van der Waals surface area contributed by atoms with Crippen molar-refractivity contribution >= 4 is 23.5 Å². The summed E-state index contributed by atoms with van der Waals surface area (Å²) in [6.07, 6.45) is -0.983. The summed E-state index contributed by atoms with van der Waals surface area (Å²) in [7, 11) is 0. The van der Waals surface area contributed by atoms with Crippen molar-refractivity contribution in [3.8, 4) is 17.0 Å². The van der Waals surface area contributed by atoms with Crippen LogP contribution in [0.3, 0.4) is 0 Å². The highest BCUT2D eigenvalue weighted by molar-refractivity contribution is 6.00. The second kappa shape index (κ2) is 8.97. The van der Waals surface area contributed by atoms with Gasteiger partial charge in [-0.2, -0.15) is 0 Å². The Morgan fingerprint density at radius 1 is 1.09 bits per heavy atom. The minimum atomic E-state index is -0.967. The van der Waals surface area contributed by atoms with Crippen LogP contribution in [0.2, 0.25) is 0 Å². The number of nitrogens with one attached hydrogen (secondary N) is 2. The van der Waals surface area contributed by atoms with E-state index in [-0.39, 0.29) is 19.3 Å². The molecule has 3 N–H and O–H groups in total. The molecule has 0 radical (unpaired) electrons. The lowest BCUT2D eigenvalue weighted by atomic mass is 10.1. The Kier molecular flexibility index (Phi) is 5.93. The molecule has 2 heterocycles. The van der Waals surface area contributed by atoms with Crippen molar-refractivity contribution in [2.45, 2.75) is 32.3 Å². The topological polar surface area (TPSA) is 110 Å². The standard InChI is InChI=1S/C24H23N3O5/c1-15-6-8-16(9-7-15)19-12-10-17(11-13-23(29)30)27(19)26-22(28)14-21-24(31)25-18-4-2-3-5-20(18)32-21/h2-10,12,21H,11,13-14H2,1H3,(H,25,31)(H,26,28)(H,29,30)/t21-/m1/s1. The number of anilines is 1. The zero-order valence-electron chi connectivity index (χ0n) is 17.5. The molecular formula is C24H23N3O5. The maximum absolute atomic E-state index is 12.9. The molecule has 0 aliphatic carbocycles. The molecular weight excluding hydrogens is 410 g/mol. The molecule has 0 fully saturated rings. The predicted octanol–water partition coefficient (Wildman–Crippen LogP) is 3.34. The molecule has 2 amide bonds. The lowest BCUT2D eigenvalue weighted by Crippen LogP contribution is -2.40. The molecule has 1 aromatic heterocycles. The zero-order valence-corrected chi connectivity index (χ0v) is 17.5. The monoisotopic (exact) mass is 433 g/mol. The molecule has 32 heavy (non-hydrogen) atoms. The number of amides is 2. The Balaban J connectivity index is 1.54. The number of aryl methyl sites for hydroxylation is 2. The number of benzene rings is 2. The van der Waals surface area contributed by atoms with E-state index in [0.29, 0.717) is 17.1 Å². The summed E-state index contributed by atoms with van der Waals surface area (Å²) in [5, 5.41) is 11.8. The number of rotatable bonds is 7. The van der Waals surface area contributed by atoms with E-state index in [1.165, 1.54) is 0 Å². The van der Waals surface area contributed by atoms with E-state index >= 15 is 0 Å². The summed E-state index contributed by atoms with van der Waals surface area (Å²) < 4.78 is 7.30. The van der Waals surface area contributed by atoms with Crippen molar-refractivity contribution in [2.24, 2.45) is 0 Å². The lowest BCUT2D eigenvalue weighted by molar-refractivity contribution is -0.137. The van der Waals surface area contributed by atoms with Gasteiger partial charge < -0.3 is 15.2 Å². The highest BCUT2D eigenvalue weighted by atomic mass is 16.5. The van der Waals surface area contributed by atoms with Gasteiger partial charge in [0, 0.05) is 17.7 Å². The molecule has 0 saturated carbocycles. The maximum Gasteiger partial charge on any atom is 0.303 e. The highest BCUT2D eigenvalue weighted by Crippen LogP contribution is 2.30. The molecule has 1 aliphatic rings. The number of hydrogen-bond acceptors (Lipinski definition) is 4. The molecule has 164 valence electrons. The molecule has 4 rings (SSSR count). The zero-order chi connectivity index (χ0) is 22.7. The minimum Gasteiger partial charge on any atom is -0.481 e. The van der Waals surface area contributed by atoms with E-state index in [9.17, 15) is 14.4 Å². The predicted molar refractivity (Wildman–Crippen MR) is 119 cm³/mol. The normalized spacial score (nSPS) is 14.8. The third-order valence-electron chi connectivity index (χ3n) is 5.22. The van der Waals surface area contributed by atoms with Crippen molar-refractivity contribution in [3.63, 3.8) is 0 Å². The summed E-state index contributed by atoms with van der Waals surface area (Å²) >= 11 is 0. The number of ether oxygens (including phenoxy) is 1. The van der Waals surface area contributed by atoms with Crippen LogP contribution in [0.25, 0.3) is 11.3 Å². The number of hydrogen-bond donors (Lipinski definition) is 3. The Morgan fingerprint density at radius 2 is 1.84 bits per heavy atom. The highest BCUT2D eigenvalue weighted by Gasteiger charge is 2.30. The fourth-order valence-electron chi connectivity index (χ4n) is 3.56. The van der Waals surface area contributed by atoms with Crippen LogP contribution in [0.1, 0.15) is 24.1 Å². The van der Waals surface area contributed by atoms with E-state index in [0.717, 1.165) is 16.8 Å². The lowest BCUT2D eigenvalue weighted by Gasteiger charge is -2.25. The van der Waals surface area contributed by atoms with Crippen LogP contribution in [0, 0.1) is 6.92 Å². The number of carbonyl (C=O) groups excluding carboxylic acids is 2. The fraction of sp³-hybridized carbons (Fsp3) is 0.208. The first-order valence-electron chi connectivity index (χ1n) is 10.3. The minimum absolute atomic E-state index is 0.0713. The molecule has 0 saturated heterocycles. The SMILES string of the molecule is Cc1ccc(-c2ccc(CCC(=O)O)n2NC(=O)C[C@H]2Oc3ccccc3NC2=O)cc1. The van der Waals surface area contributed by atoms with Crippen LogP contribution in [0.4, 0.5) is 5.69 Å². The third-order valence-corrected chi connectivity index (χ3v) is 5.22. The molecule has 0 spiro atoms. The van der Waals surface area contributed by atoms with Gasteiger partial charge >= 0.3 is 5.97 Å². The Morgan fingerprint density at radius 3 is 2.59 bits per heavy atom. The Bertz CT molecular complexity index is 1170. The summed E-state index contributed by atoms with van der Waals surface area (Å²) in [5.41, 5.74) is 6.72. The van der Waals surface area contributed by atoms with Gasteiger partial charge in [-0.05, 0) is 31.2 Å². The van der Waals surface area contributed by atoms with Gasteiger partial charge in [0.2, 0.25) is 5.91 Å². The Hall–Kier alpha value is -4.07.